The second kappa shape index (κ2) is 6.02. The van der Waals surface area contributed by atoms with Crippen LogP contribution in [0.2, 0.25) is 0 Å². The number of benzene rings is 2. The van der Waals surface area contributed by atoms with Crippen molar-refractivity contribution in [3.8, 4) is 11.3 Å². The van der Waals surface area contributed by atoms with Crippen LogP contribution in [0.4, 0.5) is 5.69 Å². The first-order valence-corrected chi connectivity index (χ1v) is 7.93. The molecule has 1 saturated heterocycles. The lowest BCUT2D eigenvalue weighted by Crippen LogP contribution is -2.35. The Labute approximate surface area is 135 Å². The topological polar surface area (TPSA) is 67.2 Å². The maximum Gasteiger partial charge on any atom is 0.102 e. The second-order valence-electron chi connectivity index (χ2n) is 5.93. The molecule has 0 spiro atoms. The largest absolute Gasteiger partial charge is 0.398 e. The fourth-order valence-electron chi connectivity index (χ4n) is 3.14. The molecule has 1 aromatic heterocycles. The van der Waals surface area contributed by atoms with Crippen LogP contribution >= 0.6 is 0 Å². The van der Waals surface area contributed by atoms with Crippen molar-refractivity contribution >= 4 is 16.6 Å². The van der Waals surface area contributed by atoms with Crippen LogP contribution in [0.25, 0.3) is 22.2 Å². The van der Waals surface area contributed by atoms with Crippen LogP contribution in [0, 0.1) is 0 Å². The van der Waals surface area contributed by atoms with E-state index < -0.39 is 0 Å². The number of nitrogen functional groups attached to an aromatic ring is 1. The fourth-order valence-corrected chi connectivity index (χ4v) is 3.14. The molecule has 3 aromatic rings. The van der Waals surface area contributed by atoms with Gasteiger partial charge in [-0.05, 0) is 23.8 Å². The normalized spacial score (nSPS) is 16.0. The molecule has 1 aliphatic rings. The maximum absolute atomic E-state index is 6.14. The third-order valence-corrected chi connectivity index (χ3v) is 4.33. The Bertz CT molecular complexity index is 821. The Hall–Kier alpha value is -2.37. The molecule has 5 heteroatoms. The van der Waals surface area contributed by atoms with E-state index in [2.05, 4.69) is 39.4 Å². The third kappa shape index (κ3) is 2.81. The fraction of sp³-hybridized carbons (Fsp3) is 0.278. The van der Waals surface area contributed by atoms with E-state index in [0.717, 1.165) is 60.7 Å². The van der Waals surface area contributed by atoms with Crippen molar-refractivity contribution in [3.05, 3.63) is 48.0 Å². The summed E-state index contributed by atoms with van der Waals surface area (Å²) >= 11 is 0. The van der Waals surface area contributed by atoms with Gasteiger partial charge in [0.1, 0.15) is 5.69 Å². The minimum absolute atomic E-state index is 0.754. The number of hydrogen-bond donors (Lipinski definition) is 2. The minimum Gasteiger partial charge on any atom is -0.398 e. The van der Waals surface area contributed by atoms with Crippen molar-refractivity contribution in [2.75, 3.05) is 32.0 Å². The van der Waals surface area contributed by atoms with Crippen molar-refractivity contribution < 1.29 is 4.74 Å². The molecule has 5 nitrogen and oxygen atoms in total. The summed E-state index contributed by atoms with van der Waals surface area (Å²) < 4.78 is 5.41. The number of nitrogens with zero attached hydrogens (tertiary/aromatic N) is 2. The van der Waals surface area contributed by atoms with Crippen LogP contribution in [-0.2, 0) is 11.3 Å². The van der Waals surface area contributed by atoms with Gasteiger partial charge >= 0.3 is 0 Å². The van der Waals surface area contributed by atoms with E-state index in [-0.39, 0.29) is 0 Å². The molecule has 0 unspecified atom stereocenters. The third-order valence-electron chi connectivity index (χ3n) is 4.33. The zero-order chi connectivity index (χ0) is 15.6. The van der Waals surface area contributed by atoms with Crippen molar-refractivity contribution in [3.63, 3.8) is 0 Å². The van der Waals surface area contributed by atoms with Gasteiger partial charge in [0.25, 0.3) is 0 Å². The van der Waals surface area contributed by atoms with Gasteiger partial charge in [-0.25, -0.2) is 0 Å². The summed E-state index contributed by atoms with van der Waals surface area (Å²) in [5.74, 6) is 0. The van der Waals surface area contributed by atoms with E-state index in [1.165, 1.54) is 5.56 Å². The molecule has 1 aliphatic heterocycles. The summed E-state index contributed by atoms with van der Waals surface area (Å²) in [7, 11) is 0. The average Bonchev–Trinajstić information content (AvgIpc) is 3.02. The van der Waals surface area contributed by atoms with Crippen LogP contribution in [0.3, 0.4) is 0 Å². The molecule has 0 amide bonds. The Morgan fingerprint density at radius 2 is 1.96 bits per heavy atom. The van der Waals surface area contributed by atoms with E-state index >= 15 is 0 Å². The highest BCUT2D eigenvalue weighted by atomic mass is 16.5. The van der Waals surface area contributed by atoms with Crippen LogP contribution in [0.5, 0.6) is 0 Å². The zero-order valence-electron chi connectivity index (χ0n) is 13.0. The summed E-state index contributed by atoms with van der Waals surface area (Å²) in [6.45, 7) is 4.56. The maximum atomic E-state index is 6.14. The van der Waals surface area contributed by atoms with Crippen LogP contribution in [-0.4, -0.2) is 41.4 Å². The minimum atomic E-state index is 0.754. The summed E-state index contributed by atoms with van der Waals surface area (Å²) in [5.41, 5.74) is 11.2. The van der Waals surface area contributed by atoms with Gasteiger partial charge in [-0.3, -0.25) is 10.00 Å². The number of nitrogens with one attached hydrogen (secondary N) is 1. The summed E-state index contributed by atoms with van der Waals surface area (Å²) in [6.07, 6.45) is 0. The molecule has 0 bridgehead atoms. The van der Waals surface area contributed by atoms with Gasteiger partial charge in [0.15, 0.2) is 0 Å². The highest BCUT2D eigenvalue weighted by Crippen LogP contribution is 2.31. The van der Waals surface area contributed by atoms with Crippen LogP contribution in [0.1, 0.15) is 5.56 Å². The molecule has 2 aromatic carbocycles. The lowest BCUT2D eigenvalue weighted by atomic mass is 10.0. The van der Waals surface area contributed by atoms with E-state index in [1.807, 2.05) is 18.2 Å². The second-order valence-corrected chi connectivity index (χ2v) is 5.93. The van der Waals surface area contributed by atoms with Crippen molar-refractivity contribution in [1.29, 1.82) is 0 Å². The molecule has 23 heavy (non-hydrogen) atoms. The first-order valence-electron chi connectivity index (χ1n) is 7.93. The van der Waals surface area contributed by atoms with Crippen molar-refractivity contribution in [2.24, 2.45) is 0 Å². The van der Waals surface area contributed by atoms with E-state index in [9.17, 15) is 0 Å². The van der Waals surface area contributed by atoms with Gasteiger partial charge in [-0.2, -0.15) is 5.10 Å². The van der Waals surface area contributed by atoms with Gasteiger partial charge in [0, 0.05) is 30.9 Å². The predicted molar refractivity (Wildman–Crippen MR) is 92.0 cm³/mol. The number of ether oxygens (including phenoxy) is 1. The number of morpholine rings is 1. The van der Waals surface area contributed by atoms with Crippen LogP contribution < -0.4 is 5.73 Å². The molecule has 0 radical (unpaired) electrons. The highest BCUT2D eigenvalue weighted by Gasteiger charge is 2.13. The number of nitrogens with two attached hydrogens (primary N) is 1. The number of H-pyrrole nitrogens is 1. The summed E-state index contributed by atoms with van der Waals surface area (Å²) in [6, 6.07) is 14.4. The number of rotatable bonds is 3. The number of aromatic nitrogens is 2. The lowest BCUT2D eigenvalue weighted by molar-refractivity contribution is 0.0342. The summed E-state index contributed by atoms with van der Waals surface area (Å²) in [5, 5.41) is 8.54. The smallest absolute Gasteiger partial charge is 0.102 e. The molecule has 3 N–H and O–H groups in total. The highest BCUT2D eigenvalue weighted by molar-refractivity contribution is 6.01. The average molecular weight is 308 g/mol. The Morgan fingerprint density at radius 3 is 2.83 bits per heavy atom. The standard InChI is InChI=1S/C18H20N4O/c19-15-5-2-6-16-17(15)18(21-20-16)14-4-1-3-13(11-14)12-22-7-9-23-10-8-22/h1-6,11H,7-10,12,19H2,(H,20,21). The molecular formula is C18H20N4O. The van der Waals surface area contributed by atoms with E-state index in [1.54, 1.807) is 0 Å². The number of aromatic amines is 1. The summed E-state index contributed by atoms with van der Waals surface area (Å²) in [4.78, 5) is 2.42. The Balaban J connectivity index is 1.67. The number of anilines is 1. The first kappa shape index (κ1) is 14.2. The van der Waals surface area contributed by atoms with Crippen molar-refractivity contribution in [2.45, 2.75) is 6.54 Å². The number of hydrogen-bond acceptors (Lipinski definition) is 4. The Kier molecular flexibility index (Phi) is 3.73. The number of fused-ring (bicyclic) bond motifs is 1. The van der Waals surface area contributed by atoms with Gasteiger partial charge < -0.3 is 10.5 Å². The molecule has 2 heterocycles. The molecule has 0 saturated carbocycles. The molecule has 1 fully saturated rings. The van der Waals surface area contributed by atoms with Crippen LogP contribution in [0.15, 0.2) is 42.5 Å². The van der Waals surface area contributed by atoms with Gasteiger partial charge in [0.05, 0.1) is 24.1 Å². The molecule has 0 aliphatic carbocycles. The predicted octanol–water partition coefficient (Wildman–Crippen LogP) is 2.64. The molecule has 0 atom stereocenters. The van der Waals surface area contributed by atoms with Crippen molar-refractivity contribution in [1.82, 2.24) is 15.1 Å². The van der Waals surface area contributed by atoms with E-state index in [0.29, 0.717) is 0 Å². The monoisotopic (exact) mass is 308 g/mol. The quantitative estimate of drug-likeness (QED) is 0.730. The SMILES string of the molecule is Nc1cccc2[nH]nc(-c3cccc(CN4CCOCC4)c3)c12. The lowest BCUT2D eigenvalue weighted by Gasteiger charge is -2.26. The molecule has 118 valence electrons. The molecule has 4 rings (SSSR count). The van der Waals surface area contributed by atoms with E-state index in [4.69, 9.17) is 10.5 Å². The van der Waals surface area contributed by atoms with Gasteiger partial charge in [-0.15, -0.1) is 0 Å². The van der Waals surface area contributed by atoms with Gasteiger partial charge in [0.2, 0.25) is 0 Å². The molecular weight excluding hydrogens is 288 g/mol. The first-order chi connectivity index (χ1) is 11.3. The Morgan fingerprint density at radius 1 is 1.13 bits per heavy atom. The zero-order valence-corrected chi connectivity index (χ0v) is 13.0. The van der Waals surface area contributed by atoms with Gasteiger partial charge in [-0.1, -0.05) is 24.3 Å².